The average molecular weight is 491 g/mol. The Balaban J connectivity index is 1.65. The van der Waals surface area contributed by atoms with Gasteiger partial charge in [-0.1, -0.05) is 60.7 Å². The molecule has 2 unspecified atom stereocenters. The molecule has 190 valence electrons. The van der Waals surface area contributed by atoms with Crippen molar-refractivity contribution in [3.05, 3.63) is 83.4 Å². The second kappa shape index (κ2) is 11.1. The summed E-state index contributed by atoms with van der Waals surface area (Å²) in [7, 11) is 1.41. The Labute approximate surface area is 211 Å². The van der Waals surface area contributed by atoms with Gasteiger partial charge >= 0.3 is 5.97 Å². The fourth-order valence-corrected chi connectivity index (χ4v) is 4.76. The number of ether oxygens (including phenoxy) is 2. The van der Waals surface area contributed by atoms with E-state index >= 15 is 0 Å². The number of methoxy groups -OCH3 is 1. The van der Waals surface area contributed by atoms with Crippen molar-refractivity contribution in [1.82, 2.24) is 14.8 Å². The summed E-state index contributed by atoms with van der Waals surface area (Å²) in [6.07, 6.45) is 0.769. The zero-order valence-electron chi connectivity index (χ0n) is 21.1. The summed E-state index contributed by atoms with van der Waals surface area (Å²) in [5.74, 6) is 0.0701. The largest absolute Gasteiger partial charge is 0.469 e. The summed E-state index contributed by atoms with van der Waals surface area (Å²) in [5.41, 5.74) is 7.18. The van der Waals surface area contributed by atoms with Crippen molar-refractivity contribution in [2.24, 2.45) is 11.7 Å². The van der Waals surface area contributed by atoms with Crippen molar-refractivity contribution in [3.63, 3.8) is 0 Å². The van der Waals surface area contributed by atoms with Gasteiger partial charge in [0.05, 0.1) is 37.7 Å². The first-order valence-corrected chi connectivity index (χ1v) is 12.3. The number of carbonyl (C=O) groups is 2. The van der Waals surface area contributed by atoms with E-state index in [0.29, 0.717) is 37.8 Å². The van der Waals surface area contributed by atoms with Gasteiger partial charge in [-0.2, -0.15) is 0 Å². The number of ketones is 1. The number of nitrogens with two attached hydrogens (primary N) is 1. The number of hydrogen-bond acceptors (Lipinski definition) is 7. The summed E-state index contributed by atoms with van der Waals surface area (Å²) in [5, 5.41) is 9.09. The predicted molar refractivity (Wildman–Crippen MR) is 135 cm³/mol. The van der Waals surface area contributed by atoms with E-state index in [0.717, 1.165) is 11.1 Å². The molecule has 2 aromatic carbocycles. The maximum Gasteiger partial charge on any atom is 0.309 e. The van der Waals surface area contributed by atoms with E-state index in [1.54, 1.807) is 13.8 Å². The van der Waals surface area contributed by atoms with Crippen molar-refractivity contribution in [1.29, 1.82) is 0 Å². The minimum Gasteiger partial charge on any atom is -0.469 e. The molecule has 4 rings (SSSR count). The molecule has 0 bridgehead atoms. The standard InChI is InChI=1S/C28H34N4O4/c1-28(2,29)23(33)16-21(18-36-17-19-10-6-4-7-11-19)25-30-31-26-24(20-12-8-5-9-13-20)22(27(34)35-3)14-15-32(25)26/h4-13,21-22,24H,14-18,29H2,1-3H3/t21-,22?,24?/m1/s1. The molecule has 0 amide bonds. The molecule has 3 atom stereocenters. The minimum absolute atomic E-state index is 0.0731. The molecule has 0 fully saturated rings. The number of nitrogens with zero attached hydrogens (tertiary/aromatic N) is 3. The van der Waals surface area contributed by atoms with Crippen LogP contribution < -0.4 is 5.73 Å². The van der Waals surface area contributed by atoms with Crippen LogP contribution >= 0.6 is 0 Å². The first-order valence-electron chi connectivity index (χ1n) is 12.3. The molecular formula is C28H34N4O4. The fourth-order valence-electron chi connectivity index (χ4n) is 4.76. The highest BCUT2D eigenvalue weighted by Gasteiger charge is 2.40. The summed E-state index contributed by atoms with van der Waals surface area (Å²) >= 11 is 0. The van der Waals surface area contributed by atoms with Crippen molar-refractivity contribution >= 4 is 11.8 Å². The molecule has 0 saturated carbocycles. The third kappa shape index (κ3) is 5.71. The second-order valence-corrected chi connectivity index (χ2v) is 9.92. The Morgan fingerprint density at radius 1 is 1.08 bits per heavy atom. The van der Waals surface area contributed by atoms with Crippen molar-refractivity contribution in [3.8, 4) is 0 Å². The van der Waals surface area contributed by atoms with Gasteiger partial charge in [0.15, 0.2) is 5.78 Å². The van der Waals surface area contributed by atoms with Crippen LogP contribution in [0, 0.1) is 5.92 Å². The molecule has 0 aliphatic carbocycles. The third-order valence-corrected chi connectivity index (χ3v) is 6.76. The smallest absolute Gasteiger partial charge is 0.309 e. The van der Waals surface area contributed by atoms with Crippen molar-refractivity contribution < 1.29 is 19.1 Å². The molecule has 2 N–H and O–H groups in total. The molecule has 8 nitrogen and oxygen atoms in total. The normalized spacial score (nSPS) is 18.3. The molecule has 1 aromatic heterocycles. The number of carbonyl (C=O) groups excluding carboxylic acids is 2. The average Bonchev–Trinajstić information content (AvgIpc) is 3.31. The SMILES string of the molecule is COC(=O)C1CCn2c(nnc2[C@@H](COCc2ccccc2)CC(=O)C(C)(C)N)C1c1ccccc1. The quantitative estimate of drug-likeness (QED) is 0.433. The second-order valence-electron chi connectivity index (χ2n) is 9.92. The first-order chi connectivity index (χ1) is 17.3. The van der Waals surface area contributed by atoms with Gasteiger partial charge in [-0.25, -0.2) is 0 Å². The number of hydrogen-bond donors (Lipinski definition) is 1. The van der Waals surface area contributed by atoms with Crippen LogP contribution in [0.4, 0.5) is 0 Å². The van der Waals surface area contributed by atoms with Gasteiger partial charge in [0.2, 0.25) is 0 Å². The van der Waals surface area contributed by atoms with Crippen molar-refractivity contribution in [2.45, 2.75) is 57.2 Å². The number of aromatic nitrogens is 3. The van der Waals surface area contributed by atoms with Crippen LogP contribution in [0.25, 0.3) is 0 Å². The lowest BCUT2D eigenvalue weighted by Crippen LogP contribution is -2.42. The van der Waals surface area contributed by atoms with E-state index in [1.807, 2.05) is 65.2 Å². The van der Waals surface area contributed by atoms with Gasteiger partial charge < -0.3 is 19.8 Å². The van der Waals surface area contributed by atoms with Gasteiger partial charge in [-0.15, -0.1) is 10.2 Å². The zero-order chi connectivity index (χ0) is 25.7. The number of Topliss-reactive ketones (excluding diaryl/α,β-unsaturated/α-hetero) is 1. The molecule has 36 heavy (non-hydrogen) atoms. The Kier molecular flexibility index (Phi) is 7.96. The van der Waals surface area contributed by atoms with E-state index < -0.39 is 5.54 Å². The highest BCUT2D eigenvalue weighted by molar-refractivity contribution is 5.87. The lowest BCUT2D eigenvalue weighted by Gasteiger charge is -2.31. The van der Waals surface area contributed by atoms with E-state index in [2.05, 4.69) is 10.2 Å². The summed E-state index contributed by atoms with van der Waals surface area (Å²) < 4.78 is 13.2. The minimum atomic E-state index is -0.967. The van der Waals surface area contributed by atoms with Crippen molar-refractivity contribution in [2.75, 3.05) is 13.7 Å². The zero-order valence-corrected chi connectivity index (χ0v) is 21.1. The van der Waals surface area contributed by atoms with Crippen LogP contribution in [0.15, 0.2) is 60.7 Å². The Hall–Kier alpha value is -3.36. The molecule has 0 spiro atoms. The van der Waals surface area contributed by atoms with Crippen LogP contribution in [0.1, 0.15) is 61.3 Å². The van der Waals surface area contributed by atoms with Crippen LogP contribution in [0.2, 0.25) is 0 Å². The summed E-state index contributed by atoms with van der Waals surface area (Å²) in [6, 6.07) is 19.7. The van der Waals surface area contributed by atoms with E-state index in [1.165, 1.54) is 7.11 Å². The maximum absolute atomic E-state index is 12.9. The Bertz CT molecular complexity index is 1170. The summed E-state index contributed by atoms with van der Waals surface area (Å²) in [4.78, 5) is 25.6. The van der Waals surface area contributed by atoms with E-state index in [4.69, 9.17) is 15.2 Å². The van der Waals surface area contributed by atoms with Gasteiger partial charge in [-0.05, 0) is 31.4 Å². The Morgan fingerprint density at radius 2 is 1.75 bits per heavy atom. The molecular weight excluding hydrogens is 456 g/mol. The molecule has 1 aliphatic rings. The van der Waals surface area contributed by atoms with Crippen LogP contribution in [-0.2, 0) is 32.2 Å². The number of esters is 1. The lowest BCUT2D eigenvalue weighted by molar-refractivity contribution is -0.146. The molecule has 0 radical (unpaired) electrons. The van der Waals surface area contributed by atoms with E-state index in [9.17, 15) is 9.59 Å². The van der Waals surface area contributed by atoms with Crippen LogP contribution in [0.5, 0.6) is 0 Å². The predicted octanol–water partition coefficient (Wildman–Crippen LogP) is 3.60. The third-order valence-electron chi connectivity index (χ3n) is 6.76. The van der Waals surface area contributed by atoms with Gasteiger partial charge in [-0.3, -0.25) is 9.59 Å². The maximum atomic E-state index is 12.9. The molecule has 8 heteroatoms. The fraction of sp³-hybridized carbons (Fsp3) is 0.429. The topological polar surface area (TPSA) is 109 Å². The monoisotopic (exact) mass is 490 g/mol. The number of benzene rings is 2. The van der Waals surface area contributed by atoms with Crippen LogP contribution in [-0.4, -0.2) is 45.8 Å². The molecule has 1 aliphatic heterocycles. The lowest BCUT2D eigenvalue weighted by atomic mass is 9.80. The highest BCUT2D eigenvalue weighted by atomic mass is 16.5. The molecule has 3 aromatic rings. The first kappa shape index (κ1) is 25.7. The van der Waals surface area contributed by atoms with Gasteiger partial charge in [0.25, 0.3) is 0 Å². The van der Waals surface area contributed by atoms with Gasteiger partial charge in [0.1, 0.15) is 11.6 Å². The number of fused-ring (bicyclic) bond motifs is 1. The highest BCUT2D eigenvalue weighted by Crippen LogP contribution is 2.39. The van der Waals surface area contributed by atoms with Crippen LogP contribution in [0.3, 0.4) is 0 Å². The molecule has 0 saturated heterocycles. The van der Waals surface area contributed by atoms with Gasteiger partial charge in [0, 0.05) is 18.9 Å². The summed E-state index contributed by atoms with van der Waals surface area (Å²) in [6.45, 7) is 4.70. The molecule has 2 heterocycles. The Morgan fingerprint density at radius 3 is 2.39 bits per heavy atom. The number of rotatable bonds is 10. The van der Waals surface area contributed by atoms with E-state index in [-0.39, 0.29) is 35.9 Å².